The van der Waals surface area contributed by atoms with Gasteiger partial charge in [-0.1, -0.05) is 19.1 Å². The molecule has 0 aliphatic heterocycles. The van der Waals surface area contributed by atoms with Crippen molar-refractivity contribution >= 4 is 11.9 Å². The summed E-state index contributed by atoms with van der Waals surface area (Å²) in [6.07, 6.45) is 7.22. The Kier molecular flexibility index (Phi) is 8.35. The SMILES string of the molecule is CCc1ccc(OCC(=O)N(CCCn2ccnc2)CCC(=O)OC)cc1. The van der Waals surface area contributed by atoms with E-state index in [2.05, 4.69) is 16.6 Å². The Hall–Kier alpha value is -2.83. The predicted octanol–water partition coefficient (Wildman–Crippen LogP) is 2.31. The molecule has 146 valence electrons. The Bertz CT molecular complexity index is 699. The molecule has 0 aliphatic rings. The molecule has 2 rings (SSSR count). The molecule has 0 saturated heterocycles. The zero-order chi connectivity index (χ0) is 19.5. The highest BCUT2D eigenvalue weighted by Gasteiger charge is 2.16. The van der Waals surface area contributed by atoms with Gasteiger partial charge in [-0.25, -0.2) is 4.98 Å². The Balaban J connectivity index is 1.86. The van der Waals surface area contributed by atoms with Gasteiger partial charge in [-0.3, -0.25) is 9.59 Å². The quantitative estimate of drug-likeness (QED) is 0.565. The molecule has 7 heteroatoms. The maximum absolute atomic E-state index is 12.6. The Morgan fingerprint density at radius 1 is 1.19 bits per heavy atom. The number of aryl methyl sites for hydroxylation is 2. The third-order valence-electron chi connectivity index (χ3n) is 4.26. The molecule has 1 heterocycles. The average molecular weight is 373 g/mol. The molecule has 1 aromatic carbocycles. The highest BCUT2D eigenvalue weighted by Crippen LogP contribution is 2.13. The molecule has 7 nitrogen and oxygen atoms in total. The molecular formula is C20H27N3O4. The van der Waals surface area contributed by atoms with Gasteiger partial charge >= 0.3 is 5.97 Å². The summed E-state index contributed by atoms with van der Waals surface area (Å²) in [5, 5.41) is 0. The second kappa shape index (κ2) is 11.0. The van der Waals surface area contributed by atoms with Crippen LogP contribution in [0, 0.1) is 0 Å². The first-order chi connectivity index (χ1) is 13.1. The lowest BCUT2D eigenvalue weighted by Crippen LogP contribution is -2.37. The molecule has 27 heavy (non-hydrogen) atoms. The number of carbonyl (C=O) groups is 2. The number of imidazole rings is 1. The zero-order valence-corrected chi connectivity index (χ0v) is 16.0. The minimum atomic E-state index is -0.335. The van der Waals surface area contributed by atoms with Crippen molar-refractivity contribution in [1.82, 2.24) is 14.5 Å². The van der Waals surface area contributed by atoms with Gasteiger partial charge in [0.25, 0.3) is 5.91 Å². The molecule has 1 aromatic heterocycles. The first kappa shape index (κ1) is 20.5. The van der Waals surface area contributed by atoms with Crippen LogP contribution in [0.4, 0.5) is 0 Å². The molecule has 0 fully saturated rings. The van der Waals surface area contributed by atoms with Gasteiger partial charge in [0.2, 0.25) is 0 Å². The van der Waals surface area contributed by atoms with Crippen molar-refractivity contribution in [3.8, 4) is 5.75 Å². The van der Waals surface area contributed by atoms with Crippen molar-refractivity contribution in [1.29, 1.82) is 0 Å². The molecule has 0 aliphatic carbocycles. The van der Waals surface area contributed by atoms with Crippen molar-refractivity contribution in [3.05, 3.63) is 48.5 Å². The van der Waals surface area contributed by atoms with Gasteiger partial charge in [0.05, 0.1) is 19.9 Å². The van der Waals surface area contributed by atoms with Crippen LogP contribution >= 0.6 is 0 Å². The summed E-state index contributed by atoms with van der Waals surface area (Å²) in [5.41, 5.74) is 1.22. The van der Waals surface area contributed by atoms with Crippen LogP contribution in [0.15, 0.2) is 43.0 Å². The lowest BCUT2D eigenvalue weighted by atomic mass is 10.2. The predicted molar refractivity (Wildman–Crippen MR) is 101 cm³/mol. The highest BCUT2D eigenvalue weighted by molar-refractivity contribution is 5.78. The molecule has 0 atom stereocenters. The van der Waals surface area contributed by atoms with Crippen LogP contribution < -0.4 is 4.74 Å². The van der Waals surface area contributed by atoms with Crippen molar-refractivity contribution in [2.45, 2.75) is 32.7 Å². The fraction of sp³-hybridized carbons (Fsp3) is 0.450. The normalized spacial score (nSPS) is 10.4. The molecule has 0 unspecified atom stereocenters. The Morgan fingerprint density at radius 2 is 1.96 bits per heavy atom. The summed E-state index contributed by atoms with van der Waals surface area (Å²) in [6.45, 7) is 3.63. The number of esters is 1. The minimum absolute atomic E-state index is 0.0578. The van der Waals surface area contributed by atoms with Crippen LogP contribution in [0.3, 0.4) is 0 Å². The van der Waals surface area contributed by atoms with Crippen LogP contribution in [0.5, 0.6) is 5.75 Å². The van der Waals surface area contributed by atoms with Gasteiger partial charge in [-0.15, -0.1) is 0 Å². The van der Waals surface area contributed by atoms with Crippen LogP contribution in [0.1, 0.15) is 25.3 Å². The number of aromatic nitrogens is 2. The summed E-state index contributed by atoms with van der Waals surface area (Å²) >= 11 is 0. The smallest absolute Gasteiger partial charge is 0.307 e. The fourth-order valence-corrected chi connectivity index (χ4v) is 2.61. The molecule has 2 aromatic rings. The van der Waals surface area contributed by atoms with Crippen LogP contribution in [-0.4, -0.2) is 53.1 Å². The number of methoxy groups -OCH3 is 1. The van der Waals surface area contributed by atoms with E-state index < -0.39 is 0 Å². The topological polar surface area (TPSA) is 73.7 Å². The molecule has 0 bridgehead atoms. The number of benzene rings is 1. The van der Waals surface area contributed by atoms with E-state index >= 15 is 0 Å². The van der Waals surface area contributed by atoms with Gasteiger partial charge in [0, 0.05) is 32.0 Å². The monoisotopic (exact) mass is 373 g/mol. The standard InChI is InChI=1S/C20H27N3O4/c1-3-17-5-7-18(8-6-17)27-15-19(24)23(13-9-20(25)26-2)12-4-11-22-14-10-21-16-22/h5-8,10,14,16H,3-4,9,11-13,15H2,1-2H3. The van der Waals surface area contributed by atoms with Gasteiger partial charge in [0.15, 0.2) is 6.61 Å². The second-order valence-corrected chi connectivity index (χ2v) is 6.15. The van der Waals surface area contributed by atoms with Crippen LogP contribution in [0.2, 0.25) is 0 Å². The molecule has 1 amide bonds. The van der Waals surface area contributed by atoms with Crippen molar-refractivity contribution in [2.75, 3.05) is 26.8 Å². The van der Waals surface area contributed by atoms with E-state index in [4.69, 9.17) is 4.74 Å². The van der Waals surface area contributed by atoms with Gasteiger partial charge in [-0.05, 0) is 30.5 Å². The fourth-order valence-electron chi connectivity index (χ4n) is 2.61. The number of amides is 1. The molecular weight excluding hydrogens is 346 g/mol. The Labute approximate surface area is 159 Å². The second-order valence-electron chi connectivity index (χ2n) is 6.15. The number of nitrogens with zero attached hydrogens (tertiary/aromatic N) is 3. The zero-order valence-electron chi connectivity index (χ0n) is 16.0. The number of carbonyl (C=O) groups excluding carboxylic acids is 2. The van der Waals surface area contributed by atoms with Gasteiger partial charge < -0.3 is 18.9 Å². The van der Waals surface area contributed by atoms with E-state index in [1.165, 1.54) is 12.7 Å². The number of hydrogen-bond acceptors (Lipinski definition) is 5. The van der Waals surface area contributed by atoms with Crippen LogP contribution in [-0.2, 0) is 27.3 Å². The number of rotatable bonds is 11. The van der Waals surface area contributed by atoms with E-state index in [0.29, 0.717) is 18.8 Å². The molecule has 0 N–H and O–H groups in total. The van der Waals surface area contributed by atoms with E-state index in [1.807, 2.05) is 35.0 Å². The van der Waals surface area contributed by atoms with E-state index in [1.54, 1.807) is 17.4 Å². The van der Waals surface area contributed by atoms with E-state index in [0.717, 1.165) is 19.4 Å². The van der Waals surface area contributed by atoms with Crippen molar-refractivity contribution in [3.63, 3.8) is 0 Å². The summed E-state index contributed by atoms with van der Waals surface area (Å²) in [7, 11) is 1.34. The maximum Gasteiger partial charge on any atom is 0.307 e. The average Bonchev–Trinajstić information content (AvgIpc) is 3.22. The first-order valence-electron chi connectivity index (χ1n) is 9.14. The summed E-state index contributed by atoms with van der Waals surface area (Å²) in [4.78, 5) is 29.6. The van der Waals surface area contributed by atoms with Gasteiger partial charge in [-0.2, -0.15) is 0 Å². The molecule has 0 spiro atoms. The summed E-state index contributed by atoms with van der Waals surface area (Å²) in [5.74, 6) is 0.175. The summed E-state index contributed by atoms with van der Waals surface area (Å²) < 4.78 is 12.2. The maximum atomic E-state index is 12.6. The number of hydrogen-bond donors (Lipinski definition) is 0. The van der Waals surface area contributed by atoms with Crippen molar-refractivity contribution < 1.29 is 19.1 Å². The lowest BCUT2D eigenvalue weighted by Gasteiger charge is -2.22. The van der Waals surface area contributed by atoms with Crippen molar-refractivity contribution in [2.24, 2.45) is 0 Å². The lowest BCUT2D eigenvalue weighted by molar-refractivity contribution is -0.142. The van der Waals surface area contributed by atoms with E-state index in [-0.39, 0.29) is 24.9 Å². The minimum Gasteiger partial charge on any atom is -0.484 e. The van der Waals surface area contributed by atoms with Gasteiger partial charge in [0.1, 0.15) is 5.75 Å². The van der Waals surface area contributed by atoms with E-state index in [9.17, 15) is 9.59 Å². The third kappa shape index (κ3) is 7.13. The largest absolute Gasteiger partial charge is 0.484 e. The molecule has 0 saturated carbocycles. The van der Waals surface area contributed by atoms with Crippen LogP contribution in [0.25, 0.3) is 0 Å². The summed E-state index contributed by atoms with van der Waals surface area (Å²) in [6, 6.07) is 7.70. The molecule has 0 radical (unpaired) electrons. The number of ether oxygens (including phenoxy) is 2. The highest BCUT2D eigenvalue weighted by atomic mass is 16.5. The Morgan fingerprint density at radius 3 is 2.59 bits per heavy atom. The third-order valence-corrected chi connectivity index (χ3v) is 4.26. The first-order valence-corrected chi connectivity index (χ1v) is 9.14.